The van der Waals surface area contributed by atoms with Crippen LogP contribution in [0.5, 0.6) is 0 Å². The number of hydrogen-bond acceptors (Lipinski definition) is 2. The van der Waals surface area contributed by atoms with Gasteiger partial charge in [-0.25, -0.2) is 0 Å². The number of carbonyl (C=O) groups excluding carboxylic acids is 1. The van der Waals surface area contributed by atoms with E-state index in [1.165, 1.54) is 6.92 Å². The molecule has 0 saturated carbocycles. The summed E-state index contributed by atoms with van der Waals surface area (Å²) in [6.45, 7) is 1.85. The molecule has 0 aliphatic carbocycles. The smallest absolute Gasteiger partial charge is 0.302 e. The minimum Gasteiger partial charge on any atom is -0.466 e. The first kappa shape index (κ1) is 8.78. The van der Waals surface area contributed by atoms with E-state index >= 15 is 0 Å². The Kier molecular flexibility index (Phi) is 3.33. The SMILES string of the molecule is CC(=O)OCCc1[c]cccc1. The van der Waals surface area contributed by atoms with Crippen molar-refractivity contribution in [2.24, 2.45) is 0 Å². The maximum absolute atomic E-state index is 10.4. The summed E-state index contributed by atoms with van der Waals surface area (Å²) in [5, 5.41) is 0. The molecule has 1 aromatic rings. The van der Waals surface area contributed by atoms with Crippen LogP contribution in [0, 0.1) is 6.07 Å². The number of rotatable bonds is 3. The van der Waals surface area contributed by atoms with Gasteiger partial charge in [0.1, 0.15) is 0 Å². The van der Waals surface area contributed by atoms with Crippen LogP contribution in [0.4, 0.5) is 0 Å². The van der Waals surface area contributed by atoms with Crippen LogP contribution in [-0.2, 0) is 16.0 Å². The van der Waals surface area contributed by atoms with Gasteiger partial charge in [-0.3, -0.25) is 4.79 Å². The molecule has 0 bridgehead atoms. The van der Waals surface area contributed by atoms with Gasteiger partial charge in [-0.1, -0.05) is 24.3 Å². The van der Waals surface area contributed by atoms with Crippen molar-refractivity contribution in [2.75, 3.05) is 6.61 Å². The van der Waals surface area contributed by atoms with Gasteiger partial charge in [0.15, 0.2) is 0 Å². The van der Waals surface area contributed by atoms with Crippen molar-refractivity contribution in [3.63, 3.8) is 0 Å². The predicted octanol–water partition coefficient (Wildman–Crippen LogP) is 1.59. The van der Waals surface area contributed by atoms with E-state index in [0.29, 0.717) is 6.61 Å². The molecule has 1 rings (SSSR count). The second-order valence-electron chi connectivity index (χ2n) is 2.48. The van der Waals surface area contributed by atoms with Crippen molar-refractivity contribution >= 4 is 5.97 Å². The van der Waals surface area contributed by atoms with Crippen LogP contribution >= 0.6 is 0 Å². The molecule has 1 radical (unpaired) electrons. The van der Waals surface area contributed by atoms with Crippen molar-refractivity contribution in [1.29, 1.82) is 0 Å². The lowest BCUT2D eigenvalue weighted by Crippen LogP contribution is -2.02. The van der Waals surface area contributed by atoms with E-state index in [4.69, 9.17) is 4.74 Å². The third kappa shape index (κ3) is 3.19. The zero-order valence-electron chi connectivity index (χ0n) is 7.04. The number of ether oxygens (including phenoxy) is 1. The van der Waals surface area contributed by atoms with Crippen molar-refractivity contribution in [2.45, 2.75) is 13.3 Å². The van der Waals surface area contributed by atoms with E-state index < -0.39 is 0 Å². The molecule has 0 fully saturated rings. The van der Waals surface area contributed by atoms with Crippen molar-refractivity contribution < 1.29 is 9.53 Å². The fraction of sp³-hybridized carbons (Fsp3) is 0.300. The molecule has 2 heteroatoms. The summed E-state index contributed by atoms with van der Waals surface area (Å²) in [6.07, 6.45) is 0.737. The van der Waals surface area contributed by atoms with Crippen LogP contribution in [0.3, 0.4) is 0 Å². The Morgan fingerprint density at radius 2 is 2.42 bits per heavy atom. The van der Waals surface area contributed by atoms with E-state index in [-0.39, 0.29) is 5.97 Å². The monoisotopic (exact) mass is 163 g/mol. The van der Waals surface area contributed by atoms with Crippen LogP contribution in [0.25, 0.3) is 0 Å². The van der Waals surface area contributed by atoms with Gasteiger partial charge in [-0.05, 0) is 11.6 Å². The van der Waals surface area contributed by atoms with Gasteiger partial charge < -0.3 is 4.74 Å². The molecule has 0 saturated heterocycles. The van der Waals surface area contributed by atoms with Gasteiger partial charge in [0, 0.05) is 13.3 Å². The highest BCUT2D eigenvalue weighted by Crippen LogP contribution is 1.98. The molecule has 0 aromatic heterocycles. The Bertz CT molecular complexity index is 241. The average molecular weight is 163 g/mol. The van der Waals surface area contributed by atoms with Crippen LogP contribution in [-0.4, -0.2) is 12.6 Å². The predicted molar refractivity (Wildman–Crippen MR) is 45.6 cm³/mol. The van der Waals surface area contributed by atoms with E-state index in [1.807, 2.05) is 24.3 Å². The second-order valence-corrected chi connectivity index (χ2v) is 2.48. The number of esters is 1. The van der Waals surface area contributed by atoms with Crippen LogP contribution in [0.15, 0.2) is 24.3 Å². The molecule has 0 amide bonds. The molecule has 0 aliphatic heterocycles. The van der Waals surface area contributed by atoms with Crippen LogP contribution in [0.2, 0.25) is 0 Å². The Morgan fingerprint density at radius 1 is 1.58 bits per heavy atom. The largest absolute Gasteiger partial charge is 0.466 e. The number of carbonyl (C=O) groups is 1. The van der Waals surface area contributed by atoms with Gasteiger partial charge in [0.2, 0.25) is 0 Å². The molecule has 1 aromatic carbocycles. The third-order valence-corrected chi connectivity index (χ3v) is 1.45. The molecule has 2 nitrogen and oxygen atoms in total. The first-order valence-electron chi connectivity index (χ1n) is 3.88. The quantitative estimate of drug-likeness (QED) is 0.632. The van der Waals surface area contributed by atoms with Gasteiger partial charge in [-0.2, -0.15) is 0 Å². The molecule has 0 unspecified atom stereocenters. The zero-order chi connectivity index (χ0) is 8.81. The summed E-state index contributed by atoms with van der Waals surface area (Å²) in [7, 11) is 0. The summed E-state index contributed by atoms with van der Waals surface area (Å²) in [4.78, 5) is 10.4. The van der Waals surface area contributed by atoms with Crippen molar-refractivity contribution in [1.82, 2.24) is 0 Å². The lowest BCUT2D eigenvalue weighted by atomic mass is 10.2. The Labute approximate surface area is 72.2 Å². The minimum atomic E-state index is -0.231. The summed E-state index contributed by atoms with van der Waals surface area (Å²) >= 11 is 0. The average Bonchev–Trinajstić information content (AvgIpc) is 2.05. The van der Waals surface area contributed by atoms with Gasteiger partial charge in [0.25, 0.3) is 0 Å². The van der Waals surface area contributed by atoms with E-state index in [9.17, 15) is 4.79 Å². The molecule has 0 spiro atoms. The standard InChI is InChI=1S/C10H11O2/c1-9(11)12-8-7-10-5-3-2-4-6-10/h2-5H,7-8H2,1H3. The van der Waals surface area contributed by atoms with Gasteiger partial charge >= 0.3 is 5.97 Å². The Morgan fingerprint density at radius 3 is 3.00 bits per heavy atom. The van der Waals surface area contributed by atoms with Gasteiger partial charge in [0.05, 0.1) is 6.61 Å². The lowest BCUT2D eigenvalue weighted by molar-refractivity contribution is -0.140. The fourth-order valence-electron chi connectivity index (χ4n) is 0.891. The Hall–Kier alpha value is -1.31. The van der Waals surface area contributed by atoms with Crippen molar-refractivity contribution in [3.8, 4) is 0 Å². The molecule has 63 valence electrons. The highest BCUT2D eigenvalue weighted by atomic mass is 16.5. The first-order chi connectivity index (χ1) is 5.79. The molecule has 0 heterocycles. The molecule has 0 aliphatic rings. The fourth-order valence-corrected chi connectivity index (χ4v) is 0.891. The zero-order valence-corrected chi connectivity index (χ0v) is 7.04. The number of benzene rings is 1. The normalized spacial score (nSPS) is 9.42. The van der Waals surface area contributed by atoms with E-state index in [0.717, 1.165) is 12.0 Å². The minimum absolute atomic E-state index is 0.231. The summed E-state index contributed by atoms with van der Waals surface area (Å²) in [6, 6.07) is 10.7. The second kappa shape index (κ2) is 4.54. The van der Waals surface area contributed by atoms with Crippen molar-refractivity contribution in [3.05, 3.63) is 35.9 Å². The Balaban J connectivity index is 2.29. The van der Waals surface area contributed by atoms with E-state index in [1.54, 1.807) is 0 Å². The molecular weight excluding hydrogens is 152 g/mol. The highest BCUT2D eigenvalue weighted by molar-refractivity contribution is 5.65. The summed E-state index contributed by atoms with van der Waals surface area (Å²) < 4.78 is 4.79. The van der Waals surface area contributed by atoms with Crippen LogP contribution < -0.4 is 0 Å². The highest BCUT2D eigenvalue weighted by Gasteiger charge is 1.94. The molecule has 0 N–H and O–H groups in total. The van der Waals surface area contributed by atoms with E-state index in [2.05, 4.69) is 6.07 Å². The lowest BCUT2D eigenvalue weighted by Gasteiger charge is -2.00. The summed E-state index contributed by atoms with van der Waals surface area (Å²) in [5.74, 6) is -0.231. The molecule has 12 heavy (non-hydrogen) atoms. The molecule has 0 atom stereocenters. The van der Waals surface area contributed by atoms with Gasteiger partial charge in [-0.15, -0.1) is 0 Å². The maximum atomic E-state index is 10.4. The maximum Gasteiger partial charge on any atom is 0.302 e. The summed E-state index contributed by atoms with van der Waals surface area (Å²) in [5.41, 5.74) is 1.07. The first-order valence-corrected chi connectivity index (χ1v) is 3.88. The topological polar surface area (TPSA) is 26.3 Å². The molecular formula is C10H11O2. The third-order valence-electron chi connectivity index (χ3n) is 1.45. The van der Waals surface area contributed by atoms with Crippen LogP contribution in [0.1, 0.15) is 12.5 Å². The number of hydrogen-bond donors (Lipinski definition) is 0.